The quantitative estimate of drug-likeness (QED) is 0.416. The van der Waals surface area contributed by atoms with Crippen LogP contribution in [0.15, 0.2) is 23.2 Å². The third-order valence-corrected chi connectivity index (χ3v) is 5.25. The lowest BCUT2D eigenvalue weighted by atomic mass is 9.93. The van der Waals surface area contributed by atoms with Gasteiger partial charge in [0.05, 0.1) is 26.2 Å². The number of rotatable bonds is 9. The molecule has 1 atom stereocenters. The number of carbonyl (C=O) groups is 1. The molecule has 0 saturated carbocycles. The van der Waals surface area contributed by atoms with Crippen LogP contribution >= 0.6 is 0 Å². The Kier molecular flexibility index (Phi) is 8.77. The molecule has 1 amide bonds. The molecule has 8 nitrogen and oxygen atoms in total. The van der Waals surface area contributed by atoms with E-state index < -0.39 is 5.41 Å². The van der Waals surface area contributed by atoms with E-state index >= 15 is 0 Å². The van der Waals surface area contributed by atoms with Crippen LogP contribution in [0.5, 0.6) is 11.5 Å². The third-order valence-electron chi connectivity index (χ3n) is 5.25. The van der Waals surface area contributed by atoms with Crippen molar-refractivity contribution in [1.82, 2.24) is 20.9 Å². The first-order chi connectivity index (χ1) is 14.3. The fourth-order valence-corrected chi connectivity index (χ4v) is 3.51. The van der Waals surface area contributed by atoms with Crippen LogP contribution in [-0.2, 0) is 11.3 Å². The molecule has 0 aromatic heterocycles. The normalized spacial score (nSPS) is 17.5. The monoisotopic (exact) mass is 419 g/mol. The molecule has 0 radical (unpaired) electrons. The largest absolute Gasteiger partial charge is 0.497 e. The third kappa shape index (κ3) is 6.79. The summed E-state index contributed by atoms with van der Waals surface area (Å²) in [4.78, 5) is 19.1. The number of ether oxygens (including phenoxy) is 2. The molecule has 1 aromatic carbocycles. The summed E-state index contributed by atoms with van der Waals surface area (Å²) in [6.45, 7) is 9.79. The van der Waals surface area contributed by atoms with Crippen LogP contribution in [0.4, 0.5) is 0 Å². The van der Waals surface area contributed by atoms with Gasteiger partial charge in [-0.2, -0.15) is 0 Å². The van der Waals surface area contributed by atoms with E-state index in [0.717, 1.165) is 50.1 Å². The van der Waals surface area contributed by atoms with Gasteiger partial charge in [-0.3, -0.25) is 14.7 Å². The Balaban J connectivity index is 1.96. The molecule has 1 aromatic rings. The molecule has 8 heteroatoms. The summed E-state index contributed by atoms with van der Waals surface area (Å²) in [5.74, 6) is 2.35. The second kappa shape index (κ2) is 11.1. The predicted molar refractivity (Wildman–Crippen MR) is 120 cm³/mol. The lowest BCUT2D eigenvalue weighted by Crippen LogP contribution is -2.45. The van der Waals surface area contributed by atoms with E-state index in [0.29, 0.717) is 12.6 Å². The minimum absolute atomic E-state index is 0.0112. The van der Waals surface area contributed by atoms with Crippen molar-refractivity contribution < 1.29 is 14.3 Å². The number of nitrogens with one attached hydrogen (secondary N) is 3. The molecule has 1 aliphatic heterocycles. The smallest absolute Gasteiger partial charge is 0.227 e. The molecule has 2 rings (SSSR count). The highest BCUT2D eigenvalue weighted by molar-refractivity contribution is 5.83. The molecule has 1 unspecified atom stereocenters. The van der Waals surface area contributed by atoms with Crippen LogP contribution in [0.3, 0.4) is 0 Å². The first kappa shape index (κ1) is 23.8. The zero-order valence-corrected chi connectivity index (χ0v) is 19.2. The van der Waals surface area contributed by atoms with Crippen molar-refractivity contribution >= 4 is 11.9 Å². The molecule has 1 heterocycles. The van der Waals surface area contributed by atoms with Gasteiger partial charge < -0.3 is 25.4 Å². The molecule has 1 aliphatic rings. The van der Waals surface area contributed by atoms with E-state index in [1.54, 1.807) is 21.3 Å². The van der Waals surface area contributed by atoms with Gasteiger partial charge in [0.15, 0.2) is 5.96 Å². The van der Waals surface area contributed by atoms with Gasteiger partial charge in [0.2, 0.25) is 5.91 Å². The SMILES string of the molecule is CCNC(=NCC(C)(C)C(=O)NC)NC1CCN(Cc2cc(OC)cc(OC)c2)C1. The Morgan fingerprint density at radius 3 is 2.47 bits per heavy atom. The van der Waals surface area contributed by atoms with Gasteiger partial charge in [0.25, 0.3) is 0 Å². The van der Waals surface area contributed by atoms with Gasteiger partial charge in [-0.15, -0.1) is 0 Å². The van der Waals surface area contributed by atoms with Gasteiger partial charge in [-0.1, -0.05) is 0 Å². The predicted octanol–water partition coefficient (Wildman–Crippen LogP) is 1.61. The second-order valence-electron chi connectivity index (χ2n) is 8.24. The maximum atomic E-state index is 12.0. The van der Waals surface area contributed by atoms with Crippen molar-refractivity contribution in [2.24, 2.45) is 10.4 Å². The average Bonchev–Trinajstić information content (AvgIpc) is 3.17. The number of hydrogen-bond acceptors (Lipinski definition) is 5. The lowest BCUT2D eigenvalue weighted by molar-refractivity contribution is -0.128. The second-order valence-corrected chi connectivity index (χ2v) is 8.24. The number of guanidine groups is 1. The molecule has 0 bridgehead atoms. The summed E-state index contributed by atoms with van der Waals surface area (Å²) in [5, 5.41) is 9.52. The van der Waals surface area contributed by atoms with Crippen LogP contribution in [0.1, 0.15) is 32.8 Å². The molecule has 30 heavy (non-hydrogen) atoms. The van der Waals surface area contributed by atoms with Gasteiger partial charge >= 0.3 is 0 Å². The van der Waals surface area contributed by atoms with Gasteiger partial charge in [-0.05, 0) is 44.9 Å². The Hall–Kier alpha value is -2.48. The standard InChI is InChI=1S/C22H37N5O3/c1-7-24-21(25-15-22(2,3)20(28)23-4)26-17-8-9-27(14-17)13-16-10-18(29-5)12-19(11-16)30-6/h10-12,17H,7-9,13-15H2,1-6H3,(H,23,28)(H2,24,25,26). The van der Waals surface area contributed by atoms with E-state index in [2.05, 4.69) is 38.0 Å². The van der Waals surface area contributed by atoms with Crippen LogP contribution < -0.4 is 25.4 Å². The molecule has 168 valence electrons. The van der Waals surface area contributed by atoms with Crippen LogP contribution in [-0.4, -0.2) is 70.3 Å². The number of benzene rings is 1. The minimum Gasteiger partial charge on any atom is -0.497 e. The fraction of sp³-hybridized carbons (Fsp3) is 0.636. The topological polar surface area (TPSA) is 87.2 Å². The zero-order valence-electron chi connectivity index (χ0n) is 19.2. The van der Waals surface area contributed by atoms with E-state index in [1.165, 1.54) is 5.56 Å². The van der Waals surface area contributed by atoms with Crippen molar-refractivity contribution in [3.63, 3.8) is 0 Å². The Bertz CT molecular complexity index is 713. The highest BCUT2D eigenvalue weighted by Gasteiger charge is 2.27. The molecular weight excluding hydrogens is 382 g/mol. The van der Waals surface area contributed by atoms with Crippen molar-refractivity contribution in [3.05, 3.63) is 23.8 Å². The van der Waals surface area contributed by atoms with Gasteiger partial charge in [-0.25, -0.2) is 0 Å². The number of methoxy groups -OCH3 is 2. The summed E-state index contributed by atoms with van der Waals surface area (Å²) in [6, 6.07) is 6.29. The van der Waals surface area contributed by atoms with E-state index in [4.69, 9.17) is 9.47 Å². The van der Waals surface area contributed by atoms with Crippen LogP contribution in [0.25, 0.3) is 0 Å². The summed E-state index contributed by atoms with van der Waals surface area (Å²) < 4.78 is 10.8. The summed E-state index contributed by atoms with van der Waals surface area (Å²) >= 11 is 0. The molecular formula is C22H37N5O3. The van der Waals surface area contributed by atoms with Crippen LogP contribution in [0, 0.1) is 5.41 Å². The van der Waals surface area contributed by atoms with Gasteiger partial charge in [0, 0.05) is 45.3 Å². The number of carbonyl (C=O) groups excluding carboxylic acids is 1. The van der Waals surface area contributed by atoms with E-state index in [-0.39, 0.29) is 5.91 Å². The van der Waals surface area contributed by atoms with Crippen LogP contribution in [0.2, 0.25) is 0 Å². The fourth-order valence-electron chi connectivity index (χ4n) is 3.51. The highest BCUT2D eigenvalue weighted by atomic mass is 16.5. The number of hydrogen-bond donors (Lipinski definition) is 3. The number of nitrogens with zero attached hydrogens (tertiary/aromatic N) is 2. The minimum atomic E-state index is -0.551. The zero-order chi connectivity index (χ0) is 22.1. The first-order valence-electron chi connectivity index (χ1n) is 10.5. The molecule has 3 N–H and O–H groups in total. The van der Waals surface area contributed by atoms with Gasteiger partial charge in [0.1, 0.15) is 11.5 Å². The Labute approximate surface area is 180 Å². The Morgan fingerprint density at radius 2 is 1.90 bits per heavy atom. The number of likely N-dealkylation sites (tertiary alicyclic amines) is 1. The Morgan fingerprint density at radius 1 is 1.23 bits per heavy atom. The van der Waals surface area contributed by atoms with Crippen molar-refractivity contribution in [2.75, 3.05) is 47.4 Å². The molecule has 1 fully saturated rings. The van der Waals surface area contributed by atoms with Crippen molar-refractivity contribution in [1.29, 1.82) is 0 Å². The summed E-state index contributed by atoms with van der Waals surface area (Å²) in [7, 11) is 4.99. The average molecular weight is 420 g/mol. The lowest BCUT2D eigenvalue weighted by Gasteiger charge is -2.22. The molecule has 1 saturated heterocycles. The van der Waals surface area contributed by atoms with Crippen molar-refractivity contribution in [2.45, 2.75) is 39.8 Å². The highest BCUT2D eigenvalue weighted by Crippen LogP contribution is 2.24. The van der Waals surface area contributed by atoms with Crippen molar-refractivity contribution in [3.8, 4) is 11.5 Å². The van der Waals surface area contributed by atoms with E-state index in [9.17, 15) is 4.79 Å². The summed E-state index contributed by atoms with van der Waals surface area (Å²) in [6.07, 6.45) is 1.03. The van der Waals surface area contributed by atoms with E-state index in [1.807, 2.05) is 26.8 Å². The maximum absolute atomic E-state index is 12.0. The number of amides is 1. The molecule has 0 aliphatic carbocycles. The summed E-state index contributed by atoms with van der Waals surface area (Å²) in [5.41, 5.74) is 0.615. The molecule has 0 spiro atoms. The maximum Gasteiger partial charge on any atom is 0.227 e. The first-order valence-corrected chi connectivity index (χ1v) is 10.5. The number of aliphatic imine (C=N–C) groups is 1.